The van der Waals surface area contributed by atoms with Crippen molar-refractivity contribution >= 4 is 29.7 Å². The van der Waals surface area contributed by atoms with Gasteiger partial charge in [0.05, 0.1) is 25.0 Å². The van der Waals surface area contributed by atoms with E-state index in [-0.39, 0.29) is 17.9 Å². The molecule has 0 aromatic rings. The number of carbonyl (C=O) groups is 4. The van der Waals surface area contributed by atoms with Gasteiger partial charge in [-0.15, -0.1) is 0 Å². The van der Waals surface area contributed by atoms with E-state index in [1.807, 2.05) is 23.6 Å². The molecule has 0 spiro atoms. The molecule has 3 heterocycles. The number of aliphatic carboxylic acids is 1. The van der Waals surface area contributed by atoms with E-state index in [0.717, 1.165) is 11.4 Å². The molecule has 1 N–H and O–H groups in total. The van der Waals surface area contributed by atoms with Crippen LogP contribution in [0, 0.1) is 11.8 Å². The lowest BCUT2D eigenvalue weighted by Gasteiger charge is -2.39. The van der Waals surface area contributed by atoms with Gasteiger partial charge in [0.15, 0.2) is 11.5 Å². The lowest BCUT2D eigenvalue weighted by Crippen LogP contribution is -2.60. The molecule has 31 heavy (non-hydrogen) atoms. The number of amides is 2. The molecule has 0 aromatic heterocycles. The summed E-state index contributed by atoms with van der Waals surface area (Å²) >= 11 is 0. The number of likely N-dealkylation sites (tertiary alicyclic amines) is 1. The number of aliphatic imine (C=N–C) groups is 1. The van der Waals surface area contributed by atoms with Crippen LogP contribution in [0.3, 0.4) is 0 Å². The van der Waals surface area contributed by atoms with Gasteiger partial charge in [0.25, 0.3) is 0 Å². The first-order valence-electron chi connectivity index (χ1n) is 9.55. The van der Waals surface area contributed by atoms with E-state index in [1.165, 1.54) is 14.2 Å². The minimum atomic E-state index is -5.08. The highest BCUT2D eigenvalue weighted by molar-refractivity contribution is 6.11. The Bertz CT molecular complexity index is 817. The Labute approximate surface area is 176 Å². The summed E-state index contributed by atoms with van der Waals surface area (Å²) in [5.41, 5.74) is -1.18. The number of carbonyl (C=O) groups excluding carboxylic acids is 3. The van der Waals surface area contributed by atoms with Gasteiger partial charge in [0, 0.05) is 27.2 Å². The molecular formula is C18H25F3N4O6. The topological polar surface area (TPSA) is 120 Å². The van der Waals surface area contributed by atoms with Crippen molar-refractivity contribution in [2.45, 2.75) is 38.0 Å². The van der Waals surface area contributed by atoms with Crippen molar-refractivity contribution in [1.29, 1.82) is 0 Å². The summed E-state index contributed by atoms with van der Waals surface area (Å²) in [6.07, 6.45) is -4.71. The van der Waals surface area contributed by atoms with Gasteiger partial charge in [-0.25, -0.2) is 9.59 Å². The molecule has 0 radical (unpaired) electrons. The molecule has 0 aliphatic carbocycles. The summed E-state index contributed by atoms with van der Waals surface area (Å²) in [5, 5.41) is 7.12. The summed E-state index contributed by atoms with van der Waals surface area (Å²) < 4.78 is 36.8. The van der Waals surface area contributed by atoms with Gasteiger partial charge in [-0.1, -0.05) is 6.92 Å². The summed E-state index contributed by atoms with van der Waals surface area (Å²) in [5.74, 6) is -4.33. The summed E-state index contributed by atoms with van der Waals surface area (Å²) in [6, 6.07) is -0.242. The molecule has 174 valence electrons. The third kappa shape index (κ3) is 3.49. The third-order valence-corrected chi connectivity index (χ3v) is 6.07. The van der Waals surface area contributed by atoms with Crippen LogP contribution in [0.5, 0.6) is 0 Å². The first-order chi connectivity index (χ1) is 14.3. The largest absolute Gasteiger partial charge is 0.490 e. The predicted octanol–water partition coefficient (Wildman–Crippen LogP) is 0.178. The van der Waals surface area contributed by atoms with Gasteiger partial charge in [-0.2, -0.15) is 13.2 Å². The highest BCUT2D eigenvalue weighted by atomic mass is 19.4. The zero-order valence-electron chi connectivity index (χ0n) is 17.8. The average molecular weight is 450 g/mol. The standard InChI is InChI=1S/C16H24N4O4.C2HF3O2/c1-6-16(14(23)24-5)11-10(12(21)18(4)13(11)22)9-8-19(7-2)15(17-3)20(9)16;3-2(4,5)1(6)7/h9-11H,6-8H2,1-5H3;(H,6,7)/t9-,10+,11-,16-;/m1./s1. The number of methoxy groups -OCH3 is 1. The number of esters is 1. The Morgan fingerprint density at radius 3 is 2.19 bits per heavy atom. The number of imide groups is 1. The molecule has 4 atom stereocenters. The number of alkyl halides is 3. The fourth-order valence-corrected chi connectivity index (χ4v) is 4.77. The minimum Gasteiger partial charge on any atom is -0.475 e. The summed E-state index contributed by atoms with van der Waals surface area (Å²) in [6.45, 7) is 5.16. The summed E-state index contributed by atoms with van der Waals surface area (Å²) in [7, 11) is 4.48. The van der Waals surface area contributed by atoms with Gasteiger partial charge >= 0.3 is 18.1 Å². The zero-order chi connectivity index (χ0) is 23.9. The third-order valence-electron chi connectivity index (χ3n) is 6.07. The fourth-order valence-electron chi connectivity index (χ4n) is 4.77. The second kappa shape index (κ2) is 8.35. The number of likely N-dealkylation sites (N-methyl/N-ethyl adjacent to an activating group) is 1. The Morgan fingerprint density at radius 1 is 1.26 bits per heavy atom. The van der Waals surface area contributed by atoms with E-state index in [9.17, 15) is 27.6 Å². The summed E-state index contributed by atoms with van der Waals surface area (Å²) in [4.78, 5) is 56.7. The van der Waals surface area contributed by atoms with Gasteiger partial charge < -0.3 is 19.6 Å². The number of rotatable bonds is 3. The van der Waals surface area contributed by atoms with E-state index >= 15 is 0 Å². The second-order valence-electron chi connectivity index (χ2n) is 7.31. The van der Waals surface area contributed by atoms with Gasteiger partial charge in [-0.05, 0) is 13.3 Å². The van der Waals surface area contributed by atoms with Crippen LogP contribution < -0.4 is 0 Å². The number of ether oxygens (including phenoxy) is 1. The molecule has 0 bridgehead atoms. The normalized spacial score (nSPS) is 30.9. The van der Waals surface area contributed by atoms with Crippen molar-refractivity contribution in [2.24, 2.45) is 16.8 Å². The van der Waals surface area contributed by atoms with E-state index in [1.54, 1.807) is 7.05 Å². The van der Waals surface area contributed by atoms with E-state index in [4.69, 9.17) is 14.6 Å². The van der Waals surface area contributed by atoms with E-state index in [0.29, 0.717) is 18.9 Å². The monoisotopic (exact) mass is 450 g/mol. The first kappa shape index (κ1) is 24.4. The molecule has 3 rings (SSSR count). The smallest absolute Gasteiger partial charge is 0.475 e. The molecule has 0 aromatic carbocycles. The predicted molar refractivity (Wildman–Crippen MR) is 99.7 cm³/mol. The molecule has 2 amide bonds. The molecular weight excluding hydrogens is 425 g/mol. The average Bonchev–Trinajstić information content (AvgIpc) is 3.30. The first-order valence-corrected chi connectivity index (χ1v) is 9.55. The zero-order valence-corrected chi connectivity index (χ0v) is 17.8. The van der Waals surface area contributed by atoms with E-state index in [2.05, 4.69) is 4.99 Å². The number of hydrogen-bond acceptors (Lipinski definition) is 6. The maximum absolute atomic E-state index is 12.8. The number of fused-ring (bicyclic) bond motifs is 3. The Kier molecular flexibility index (Phi) is 6.57. The Morgan fingerprint density at radius 2 is 1.81 bits per heavy atom. The van der Waals surface area contributed by atoms with Gasteiger partial charge in [0.2, 0.25) is 11.8 Å². The number of carboxylic acids is 1. The van der Waals surface area contributed by atoms with Crippen molar-refractivity contribution in [2.75, 3.05) is 34.3 Å². The van der Waals surface area contributed by atoms with Crippen molar-refractivity contribution in [3.05, 3.63) is 0 Å². The minimum absolute atomic E-state index is 0.215. The molecule has 3 saturated heterocycles. The number of hydrogen-bond donors (Lipinski definition) is 1. The maximum atomic E-state index is 12.8. The molecule has 3 aliphatic rings. The number of halogens is 3. The fraction of sp³-hybridized carbons (Fsp3) is 0.722. The van der Waals surface area contributed by atoms with Crippen molar-refractivity contribution in [3.8, 4) is 0 Å². The van der Waals surface area contributed by atoms with Crippen LogP contribution in [0.25, 0.3) is 0 Å². The molecule has 0 saturated carbocycles. The number of carboxylic acid groups (broad SMARTS) is 1. The van der Waals surface area contributed by atoms with Crippen molar-refractivity contribution in [1.82, 2.24) is 14.7 Å². The van der Waals surface area contributed by atoms with E-state index < -0.39 is 35.5 Å². The van der Waals surface area contributed by atoms with Crippen LogP contribution in [0.2, 0.25) is 0 Å². The molecule has 3 aliphatic heterocycles. The maximum Gasteiger partial charge on any atom is 0.490 e. The highest BCUT2D eigenvalue weighted by Crippen LogP contribution is 2.53. The van der Waals surface area contributed by atoms with Crippen LogP contribution in [0.15, 0.2) is 4.99 Å². The lowest BCUT2D eigenvalue weighted by molar-refractivity contribution is -0.192. The van der Waals surface area contributed by atoms with Crippen LogP contribution in [-0.4, -0.2) is 102 Å². The van der Waals surface area contributed by atoms with Crippen LogP contribution in [0.1, 0.15) is 20.3 Å². The van der Waals surface area contributed by atoms with Crippen LogP contribution >= 0.6 is 0 Å². The number of guanidine groups is 1. The van der Waals surface area contributed by atoms with Crippen LogP contribution in [-0.2, 0) is 23.9 Å². The SMILES string of the molecule is CCN1C[C@@H]2[C@@H]3C(=O)N(C)C(=O)[C@@H]3[C@](CC)(C(=O)OC)N2C1=NC.O=C(O)C(F)(F)F. The lowest BCUT2D eigenvalue weighted by atomic mass is 9.78. The van der Waals surface area contributed by atoms with Crippen LogP contribution in [0.4, 0.5) is 13.2 Å². The Hall–Kier alpha value is -2.86. The molecule has 13 heteroatoms. The second-order valence-corrected chi connectivity index (χ2v) is 7.31. The molecule has 0 unspecified atom stereocenters. The van der Waals surface area contributed by atoms with Crippen molar-refractivity contribution in [3.63, 3.8) is 0 Å². The van der Waals surface area contributed by atoms with Crippen molar-refractivity contribution < 1.29 is 42.2 Å². The molecule has 10 nitrogen and oxygen atoms in total. The Balaban J connectivity index is 0.000000423. The highest BCUT2D eigenvalue weighted by Gasteiger charge is 2.73. The van der Waals surface area contributed by atoms with Gasteiger partial charge in [-0.3, -0.25) is 19.5 Å². The number of nitrogens with zero attached hydrogens (tertiary/aromatic N) is 4. The van der Waals surface area contributed by atoms with Gasteiger partial charge in [0.1, 0.15) is 0 Å². The molecule has 3 fully saturated rings. The quantitative estimate of drug-likeness (QED) is 0.478.